The molecule has 2 aromatic rings. The van der Waals surface area contributed by atoms with Crippen LogP contribution >= 0.6 is 0 Å². The summed E-state index contributed by atoms with van der Waals surface area (Å²) in [5.41, 5.74) is 11.2. The van der Waals surface area contributed by atoms with Gasteiger partial charge in [-0.1, -0.05) is 18.2 Å². The van der Waals surface area contributed by atoms with Crippen molar-refractivity contribution in [2.75, 3.05) is 10.6 Å². The first-order valence-electron chi connectivity index (χ1n) is 8.37. The van der Waals surface area contributed by atoms with E-state index in [4.69, 9.17) is 5.73 Å². The fourth-order valence-corrected chi connectivity index (χ4v) is 3.11. The quantitative estimate of drug-likeness (QED) is 0.667. The number of halogens is 1. The highest BCUT2D eigenvalue weighted by atomic mass is 19.1. The van der Waals surface area contributed by atoms with Gasteiger partial charge in [-0.15, -0.1) is 0 Å². The van der Waals surface area contributed by atoms with Crippen LogP contribution in [0, 0.1) is 18.7 Å². The lowest BCUT2D eigenvalue weighted by molar-refractivity contribution is 0.262. The first-order valence-corrected chi connectivity index (χ1v) is 8.37. The van der Waals surface area contributed by atoms with E-state index in [1.807, 2.05) is 25.2 Å². The molecular formula is C18H18FN7O. The molecule has 0 bridgehead atoms. The van der Waals surface area contributed by atoms with Crippen molar-refractivity contribution in [2.45, 2.75) is 13.0 Å². The number of nitrogens with two attached hydrogens (primary N) is 1. The zero-order chi connectivity index (χ0) is 19.0. The fraction of sp³-hybridized carbons (Fsp3) is 0.167. The van der Waals surface area contributed by atoms with Crippen LogP contribution in [-0.2, 0) is 0 Å². The average molecular weight is 367 g/mol. The van der Waals surface area contributed by atoms with Crippen molar-refractivity contribution in [2.24, 2.45) is 16.8 Å². The largest absolute Gasteiger partial charge is 0.385 e. The molecule has 2 atom stereocenters. The van der Waals surface area contributed by atoms with Gasteiger partial charge in [-0.2, -0.15) is 10.2 Å². The molecule has 2 aliphatic rings. The third kappa shape index (κ3) is 3.26. The number of fused-ring (bicyclic) bond motifs is 1. The van der Waals surface area contributed by atoms with Crippen molar-refractivity contribution in [3.05, 3.63) is 60.2 Å². The number of nitrogens with one attached hydrogen (secondary N) is 3. The second-order valence-electron chi connectivity index (χ2n) is 6.38. The van der Waals surface area contributed by atoms with Crippen LogP contribution in [-0.4, -0.2) is 27.7 Å². The Bertz CT molecular complexity index is 991. The monoisotopic (exact) mass is 367 g/mol. The first kappa shape index (κ1) is 16.8. The summed E-state index contributed by atoms with van der Waals surface area (Å²) in [5.74, 6) is -0.147. The highest BCUT2D eigenvalue weighted by Crippen LogP contribution is 2.28. The minimum absolute atomic E-state index is 0.0156. The lowest BCUT2D eigenvalue weighted by atomic mass is 9.92. The molecule has 1 aliphatic carbocycles. The number of hydrazone groups is 1. The number of carbonyl (C=O) groups is 1. The molecule has 4 rings (SSSR count). The van der Waals surface area contributed by atoms with Crippen LogP contribution in [0.5, 0.6) is 0 Å². The Balaban J connectivity index is 1.47. The number of hydrogen-bond donors (Lipinski definition) is 4. The first-order chi connectivity index (χ1) is 13.0. The van der Waals surface area contributed by atoms with E-state index in [1.165, 1.54) is 12.3 Å². The Labute approximate surface area is 154 Å². The molecule has 2 amide bonds. The SMILES string of the molecule is Cc1ccc(F)c(NC(=O)Nc2cnn(C3=CC=CC4NN=C(N)C34)c2)c1. The van der Waals surface area contributed by atoms with Crippen LogP contribution in [0.2, 0.25) is 0 Å². The molecular weight excluding hydrogens is 349 g/mol. The molecule has 138 valence electrons. The second kappa shape index (κ2) is 6.60. The number of allylic oxidation sites excluding steroid dienone is 2. The minimum Gasteiger partial charge on any atom is -0.385 e. The van der Waals surface area contributed by atoms with Crippen molar-refractivity contribution in [3.8, 4) is 0 Å². The van der Waals surface area contributed by atoms with Gasteiger partial charge in [-0.05, 0) is 30.7 Å². The Morgan fingerprint density at radius 1 is 1.37 bits per heavy atom. The van der Waals surface area contributed by atoms with Crippen LogP contribution in [0.1, 0.15) is 5.56 Å². The topological polar surface area (TPSA) is 109 Å². The van der Waals surface area contributed by atoms with Crippen molar-refractivity contribution in [3.63, 3.8) is 0 Å². The van der Waals surface area contributed by atoms with Gasteiger partial charge in [0.1, 0.15) is 11.7 Å². The maximum atomic E-state index is 13.8. The third-order valence-corrected chi connectivity index (χ3v) is 4.40. The van der Waals surface area contributed by atoms with Gasteiger partial charge < -0.3 is 21.8 Å². The van der Waals surface area contributed by atoms with E-state index in [9.17, 15) is 9.18 Å². The minimum atomic E-state index is -0.557. The Morgan fingerprint density at radius 3 is 3.07 bits per heavy atom. The molecule has 2 unspecified atom stereocenters. The molecule has 1 aromatic heterocycles. The summed E-state index contributed by atoms with van der Waals surface area (Å²) < 4.78 is 15.4. The van der Waals surface area contributed by atoms with Crippen molar-refractivity contribution in [1.82, 2.24) is 15.2 Å². The summed E-state index contributed by atoms with van der Waals surface area (Å²) in [6.07, 6.45) is 8.95. The van der Waals surface area contributed by atoms with Crippen molar-refractivity contribution < 1.29 is 9.18 Å². The van der Waals surface area contributed by atoms with E-state index in [0.717, 1.165) is 11.3 Å². The molecule has 1 aromatic carbocycles. The summed E-state index contributed by atoms with van der Waals surface area (Å²) in [4.78, 5) is 12.2. The maximum Gasteiger partial charge on any atom is 0.323 e. The summed E-state index contributed by atoms with van der Waals surface area (Å²) in [7, 11) is 0. The number of carbonyl (C=O) groups excluding carboxylic acids is 1. The molecule has 2 heterocycles. The molecule has 27 heavy (non-hydrogen) atoms. The normalized spacial score (nSPS) is 20.4. The Morgan fingerprint density at radius 2 is 2.22 bits per heavy atom. The molecule has 0 fully saturated rings. The number of nitrogens with zero attached hydrogens (tertiary/aromatic N) is 3. The van der Waals surface area contributed by atoms with Crippen LogP contribution < -0.4 is 21.8 Å². The van der Waals surface area contributed by atoms with Crippen LogP contribution in [0.15, 0.2) is 53.9 Å². The maximum absolute atomic E-state index is 13.8. The summed E-state index contributed by atoms with van der Waals surface area (Å²) in [6.45, 7) is 1.82. The second-order valence-corrected chi connectivity index (χ2v) is 6.38. The van der Waals surface area contributed by atoms with E-state index in [0.29, 0.717) is 11.5 Å². The summed E-state index contributed by atoms with van der Waals surface area (Å²) >= 11 is 0. The molecule has 0 radical (unpaired) electrons. The van der Waals surface area contributed by atoms with E-state index in [-0.39, 0.29) is 17.6 Å². The van der Waals surface area contributed by atoms with Gasteiger partial charge in [0, 0.05) is 0 Å². The Hall–Kier alpha value is -3.62. The van der Waals surface area contributed by atoms with Crippen LogP contribution in [0.25, 0.3) is 5.70 Å². The van der Waals surface area contributed by atoms with Gasteiger partial charge in [0.2, 0.25) is 0 Å². The highest BCUT2D eigenvalue weighted by molar-refractivity contribution is 6.00. The number of amides is 2. The highest BCUT2D eigenvalue weighted by Gasteiger charge is 2.34. The predicted molar refractivity (Wildman–Crippen MR) is 101 cm³/mol. The molecule has 0 saturated heterocycles. The number of hydrogen-bond acceptors (Lipinski definition) is 5. The zero-order valence-electron chi connectivity index (χ0n) is 14.5. The number of amidine groups is 1. The standard InChI is InChI=1S/C18H18FN7O/c1-10-5-6-12(19)14(7-10)23-18(27)22-11-8-21-26(9-11)15-4-2-3-13-16(15)17(20)25-24-13/h2-9,13,16,24H,1H3,(H2,20,25)(H2,22,23,27). The van der Waals surface area contributed by atoms with Gasteiger partial charge in [-0.3, -0.25) is 0 Å². The fourth-order valence-electron chi connectivity index (χ4n) is 3.11. The predicted octanol–water partition coefficient (Wildman–Crippen LogP) is 2.25. The molecule has 5 N–H and O–H groups in total. The summed E-state index contributed by atoms with van der Waals surface area (Å²) in [5, 5.41) is 13.5. The van der Waals surface area contributed by atoms with Crippen molar-refractivity contribution in [1.29, 1.82) is 0 Å². The number of aryl methyl sites for hydroxylation is 1. The van der Waals surface area contributed by atoms with E-state index < -0.39 is 11.8 Å². The number of benzene rings is 1. The van der Waals surface area contributed by atoms with E-state index in [1.54, 1.807) is 23.0 Å². The molecule has 0 saturated carbocycles. The zero-order valence-corrected chi connectivity index (χ0v) is 14.5. The lowest BCUT2D eigenvalue weighted by Gasteiger charge is -2.22. The molecule has 0 spiro atoms. The van der Waals surface area contributed by atoms with Gasteiger partial charge in [0.05, 0.1) is 41.4 Å². The van der Waals surface area contributed by atoms with Crippen molar-refractivity contribution >= 4 is 28.9 Å². The number of urea groups is 1. The van der Waals surface area contributed by atoms with Crippen LogP contribution in [0.3, 0.4) is 0 Å². The van der Waals surface area contributed by atoms with Gasteiger partial charge in [0.15, 0.2) is 0 Å². The smallest absolute Gasteiger partial charge is 0.323 e. The molecule has 9 heteroatoms. The summed E-state index contributed by atoms with van der Waals surface area (Å²) in [6, 6.07) is 3.93. The van der Waals surface area contributed by atoms with Gasteiger partial charge >= 0.3 is 6.03 Å². The molecule has 1 aliphatic heterocycles. The van der Waals surface area contributed by atoms with E-state index in [2.05, 4.69) is 26.3 Å². The molecule has 8 nitrogen and oxygen atoms in total. The average Bonchev–Trinajstić information content (AvgIpc) is 3.25. The third-order valence-electron chi connectivity index (χ3n) is 4.40. The number of anilines is 2. The van der Waals surface area contributed by atoms with Gasteiger partial charge in [0.25, 0.3) is 0 Å². The van der Waals surface area contributed by atoms with Gasteiger partial charge in [-0.25, -0.2) is 13.9 Å². The Kier molecular flexibility index (Phi) is 4.11. The number of rotatable bonds is 3. The number of aromatic nitrogens is 2. The van der Waals surface area contributed by atoms with Crippen LogP contribution in [0.4, 0.5) is 20.6 Å². The lowest BCUT2D eigenvalue weighted by Crippen LogP contribution is -2.34. The van der Waals surface area contributed by atoms with E-state index >= 15 is 0 Å².